The predicted octanol–water partition coefficient (Wildman–Crippen LogP) is -0.0150. The van der Waals surface area contributed by atoms with Gasteiger partial charge in [0.25, 0.3) is 11.5 Å². The quantitative estimate of drug-likeness (QED) is 0.589. The molecule has 7 nitrogen and oxygen atoms in total. The molecule has 0 fully saturated rings. The lowest BCUT2D eigenvalue weighted by Crippen LogP contribution is -2.41. The maximum absolute atomic E-state index is 11.9. The Morgan fingerprint density at radius 1 is 1.52 bits per heavy atom. The van der Waals surface area contributed by atoms with E-state index in [2.05, 4.69) is 22.9 Å². The summed E-state index contributed by atoms with van der Waals surface area (Å²) in [6.45, 7) is 1.03. The Labute approximate surface area is 126 Å². The van der Waals surface area contributed by atoms with Crippen molar-refractivity contribution < 1.29 is 9.59 Å². The van der Waals surface area contributed by atoms with E-state index in [1.165, 1.54) is 16.4 Å². The fourth-order valence-electron chi connectivity index (χ4n) is 2.16. The second-order valence-corrected chi connectivity index (χ2v) is 4.92. The smallest absolute Gasteiger partial charge is 0.315 e. The molecule has 3 amide bonds. The molecule has 0 atom stereocenters. The lowest BCUT2D eigenvalue weighted by atomic mass is 10.0. The van der Waals surface area contributed by atoms with E-state index in [1.807, 2.05) is 0 Å². The maximum Gasteiger partial charge on any atom is 0.315 e. The molecule has 0 unspecified atom stereocenters. The van der Waals surface area contributed by atoms with E-state index in [0.717, 1.165) is 11.3 Å². The summed E-state index contributed by atoms with van der Waals surface area (Å²) in [7, 11) is 0. The third-order valence-electron chi connectivity index (χ3n) is 3.25. The van der Waals surface area contributed by atoms with Gasteiger partial charge in [0, 0.05) is 31.7 Å². The van der Waals surface area contributed by atoms with Crippen molar-refractivity contribution in [2.75, 3.05) is 13.1 Å². The third-order valence-corrected chi connectivity index (χ3v) is 3.46. The zero-order valence-corrected chi connectivity index (χ0v) is 12.2. The van der Waals surface area contributed by atoms with Gasteiger partial charge in [-0.3, -0.25) is 9.59 Å². The van der Waals surface area contributed by atoms with Crippen molar-refractivity contribution in [3.63, 3.8) is 0 Å². The molecule has 21 heavy (non-hydrogen) atoms. The van der Waals surface area contributed by atoms with Crippen LogP contribution in [0.5, 0.6) is 0 Å². The molecule has 0 bridgehead atoms. The summed E-state index contributed by atoms with van der Waals surface area (Å²) >= 11 is 3.88. The molecule has 1 aromatic heterocycles. The van der Waals surface area contributed by atoms with E-state index in [0.29, 0.717) is 13.0 Å². The molecule has 0 radical (unpaired) electrons. The fraction of sp³-hybridized carbons (Fsp3) is 0.308. The Kier molecular flexibility index (Phi) is 4.69. The number of H-pyrrole nitrogens is 1. The van der Waals surface area contributed by atoms with Crippen molar-refractivity contribution in [1.82, 2.24) is 15.2 Å². The minimum absolute atomic E-state index is 0.0210. The number of nitrogens with one attached hydrogen (secondary N) is 2. The first-order valence-electron chi connectivity index (χ1n) is 6.39. The highest BCUT2D eigenvalue weighted by molar-refractivity contribution is 7.83. The molecule has 0 saturated heterocycles. The van der Waals surface area contributed by atoms with Gasteiger partial charge in [-0.25, -0.2) is 4.79 Å². The Hall–Kier alpha value is -2.22. The lowest BCUT2D eigenvalue weighted by Gasteiger charge is -2.27. The molecule has 2 rings (SSSR count). The molecule has 4 N–H and O–H groups in total. The molecule has 112 valence electrons. The van der Waals surface area contributed by atoms with Gasteiger partial charge in [0.05, 0.1) is 0 Å². The van der Waals surface area contributed by atoms with Crippen LogP contribution in [0.1, 0.15) is 21.6 Å². The number of primary amides is 1. The molecule has 0 spiro atoms. The van der Waals surface area contributed by atoms with E-state index >= 15 is 0 Å². The average Bonchev–Trinajstić information content (AvgIpc) is 2.46. The SMILES string of the molecule is NC(=O)N1CCc2[nH]c(=O)c(C(=O)NC/C=C/S)cc2C1. The van der Waals surface area contributed by atoms with Gasteiger partial charge in [-0.2, -0.15) is 12.6 Å². The van der Waals surface area contributed by atoms with Gasteiger partial charge in [-0.1, -0.05) is 6.08 Å². The Morgan fingerprint density at radius 3 is 2.95 bits per heavy atom. The Bertz CT molecular complexity index is 653. The molecule has 1 aliphatic heterocycles. The maximum atomic E-state index is 11.9. The summed E-state index contributed by atoms with van der Waals surface area (Å²) in [5.41, 5.74) is 6.31. The van der Waals surface area contributed by atoms with Crippen LogP contribution in [0.15, 0.2) is 22.3 Å². The summed E-state index contributed by atoms with van der Waals surface area (Å²) in [4.78, 5) is 39.2. The van der Waals surface area contributed by atoms with Gasteiger partial charge in [0.15, 0.2) is 0 Å². The molecular formula is C13H16N4O3S. The highest BCUT2D eigenvalue weighted by Gasteiger charge is 2.22. The van der Waals surface area contributed by atoms with E-state index in [9.17, 15) is 14.4 Å². The van der Waals surface area contributed by atoms with E-state index in [-0.39, 0.29) is 18.7 Å². The minimum atomic E-state index is -0.517. The van der Waals surface area contributed by atoms with Crippen molar-refractivity contribution in [1.29, 1.82) is 0 Å². The normalized spacial score (nSPS) is 14.0. The number of carbonyl (C=O) groups excluding carboxylic acids is 2. The molecule has 1 aliphatic rings. The fourth-order valence-corrected chi connectivity index (χ4v) is 2.27. The van der Waals surface area contributed by atoms with E-state index < -0.39 is 17.5 Å². The van der Waals surface area contributed by atoms with Gasteiger partial charge < -0.3 is 20.9 Å². The largest absolute Gasteiger partial charge is 0.351 e. The van der Waals surface area contributed by atoms with Crippen LogP contribution in [0.4, 0.5) is 4.79 Å². The number of hydrogen-bond acceptors (Lipinski definition) is 4. The first kappa shape index (κ1) is 15.2. The highest BCUT2D eigenvalue weighted by Crippen LogP contribution is 2.16. The topological polar surface area (TPSA) is 108 Å². The lowest BCUT2D eigenvalue weighted by molar-refractivity contribution is 0.0956. The van der Waals surface area contributed by atoms with Crippen molar-refractivity contribution in [2.45, 2.75) is 13.0 Å². The number of hydrogen-bond donors (Lipinski definition) is 4. The zero-order valence-electron chi connectivity index (χ0n) is 11.3. The van der Waals surface area contributed by atoms with Crippen LogP contribution in [0.3, 0.4) is 0 Å². The minimum Gasteiger partial charge on any atom is -0.351 e. The van der Waals surface area contributed by atoms with Gasteiger partial charge in [0.1, 0.15) is 5.56 Å². The zero-order chi connectivity index (χ0) is 15.4. The highest BCUT2D eigenvalue weighted by atomic mass is 32.1. The van der Waals surface area contributed by atoms with Crippen LogP contribution in [-0.4, -0.2) is 34.9 Å². The van der Waals surface area contributed by atoms with Crippen molar-refractivity contribution >= 4 is 24.6 Å². The summed E-state index contributed by atoms with van der Waals surface area (Å²) in [6, 6.07) is 1.000. The van der Waals surface area contributed by atoms with Crippen molar-refractivity contribution in [3.8, 4) is 0 Å². The molecule has 0 saturated carbocycles. The first-order chi connectivity index (χ1) is 10.0. The summed E-state index contributed by atoms with van der Waals surface area (Å²) in [5, 5.41) is 4.08. The Morgan fingerprint density at radius 2 is 2.29 bits per heavy atom. The van der Waals surface area contributed by atoms with Gasteiger partial charge in [-0.15, -0.1) is 0 Å². The van der Waals surface area contributed by atoms with E-state index in [4.69, 9.17) is 5.73 Å². The van der Waals surface area contributed by atoms with Gasteiger partial charge >= 0.3 is 6.03 Å². The number of pyridine rings is 1. The number of urea groups is 1. The number of aromatic nitrogens is 1. The van der Waals surface area contributed by atoms with Crippen LogP contribution >= 0.6 is 12.6 Å². The van der Waals surface area contributed by atoms with Crippen LogP contribution in [0, 0.1) is 0 Å². The van der Waals surface area contributed by atoms with Gasteiger partial charge in [0.2, 0.25) is 0 Å². The van der Waals surface area contributed by atoms with Gasteiger partial charge in [-0.05, 0) is 17.0 Å². The standard InChI is InChI=1S/C13H16N4O3S/c14-13(20)17-4-2-10-8(7-17)6-9(12(19)16-10)11(18)15-3-1-5-21/h1,5-6,21H,2-4,7H2,(H2,14,20)(H,15,18)(H,16,19)/b5-1+. The number of rotatable bonds is 3. The number of nitrogens with zero attached hydrogens (tertiary/aromatic N) is 1. The van der Waals surface area contributed by atoms with Crippen molar-refractivity contribution in [2.24, 2.45) is 5.73 Å². The molecule has 1 aromatic rings. The van der Waals surface area contributed by atoms with Crippen molar-refractivity contribution in [3.05, 3.63) is 44.7 Å². The van der Waals surface area contributed by atoms with Crippen LogP contribution < -0.4 is 16.6 Å². The summed E-state index contributed by atoms with van der Waals surface area (Å²) in [6.07, 6.45) is 2.15. The average molecular weight is 308 g/mol. The number of fused-ring (bicyclic) bond motifs is 1. The third kappa shape index (κ3) is 3.46. The van der Waals surface area contributed by atoms with Crippen LogP contribution in [0.2, 0.25) is 0 Å². The second kappa shape index (κ2) is 6.49. The molecule has 8 heteroatoms. The molecule has 2 heterocycles. The summed E-state index contributed by atoms with van der Waals surface area (Å²) in [5.74, 6) is -0.471. The first-order valence-corrected chi connectivity index (χ1v) is 6.91. The molecule has 0 aliphatic carbocycles. The second-order valence-electron chi connectivity index (χ2n) is 4.62. The van der Waals surface area contributed by atoms with Crippen LogP contribution in [-0.2, 0) is 13.0 Å². The molecule has 0 aromatic carbocycles. The number of carbonyl (C=O) groups is 2. The van der Waals surface area contributed by atoms with E-state index in [1.54, 1.807) is 6.08 Å². The predicted molar refractivity (Wildman–Crippen MR) is 81.2 cm³/mol. The number of amides is 3. The number of nitrogens with two attached hydrogens (primary N) is 1. The molecular weight excluding hydrogens is 292 g/mol. The monoisotopic (exact) mass is 308 g/mol. The number of thiol groups is 1. The van der Waals surface area contributed by atoms with Crippen LogP contribution in [0.25, 0.3) is 0 Å². The number of aromatic amines is 1. The Balaban J connectivity index is 2.25. The summed E-state index contributed by atoms with van der Waals surface area (Å²) < 4.78 is 0.